The predicted molar refractivity (Wildman–Crippen MR) is 101 cm³/mol. The van der Waals surface area contributed by atoms with E-state index in [-0.39, 0.29) is 5.91 Å². The topological polar surface area (TPSA) is 43.2 Å². The number of hydrogen-bond donors (Lipinski definition) is 1. The van der Waals surface area contributed by atoms with Gasteiger partial charge in [-0.1, -0.05) is 18.2 Å². The third kappa shape index (κ3) is 4.35. The minimum absolute atomic E-state index is 0.132. The van der Waals surface area contributed by atoms with Crippen molar-refractivity contribution in [3.63, 3.8) is 0 Å². The number of hydrogen-bond acceptors (Lipinski definition) is 3. The summed E-state index contributed by atoms with van der Waals surface area (Å²) >= 11 is 0. The number of carbonyl (C=O) groups excluding carboxylic acids is 1. The summed E-state index contributed by atoms with van der Waals surface area (Å²) in [5, 5.41) is 0. The summed E-state index contributed by atoms with van der Waals surface area (Å²) in [7, 11) is 1.66. The molecule has 1 aliphatic heterocycles. The van der Waals surface area contributed by atoms with Gasteiger partial charge < -0.3 is 19.3 Å². The highest BCUT2D eigenvalue weighted by Gasteiger charge is 2.24. The van der Waals surface area contributed by atoms with E-state index in [2.05, 4.69) is 12.1 Å². The van der Waals surface area contributed by atoms with Crippen LogP contribution in [0.2, 0.25) is 0 Å². The van der Waals surface area contributed by atoms with E-state index in [0.29, 0.717) is 6.61 Å². The van der Waals surface area contributed by atoms with Gasteiger partial charge >= 0.3 is 0 Å². The molecule has 0 bridgehead atoms. The molecule has 2 aromatic carbocycles. The first-order valence-corrected chi connectivity index (χ1v) is 9.19. The Morgan fingerprint density at radius 2 is 1.81 bits per heavy atom. The van der Waals surface area contributed by atoms with Crippen LogP contribution in [0.25, 0.3) is 0 Å². The summed E-state index contributed by atoms with van der Waals surface area (Å²) in [6.07, 6.45) is 0. The van der Waals surface area contributed by atoms with Crippen molar-refractivity contribution in [2.24, 2.45) is 0 Å². The standard InChI is InChI=1S/C21H26N2O3/c1-3-26-20-15-17(9-10-19(20)25-2)16-22-11-13-23(14-12-22)21(24)18-7-5-4-6-8-18/h4-10,15H,3,11-14,16H2,1-2H3/p+1. The van der Waals surface area contributed by atoms with E-state index < -0.39 is 0 Å². The fourth-order valence-electron chi connectivity index (χ4n) is 3.35. The molecular formula is C21H27N2O3+. The first-order valence-electron chi connectivity index (χ1n) is 9.19. The lowest BCUT2D eigenvalue weighted by Crippen LogP contribution is -3.13. The maximum atomic E-state index is 12.5. The van der Waals surface area contributed by atoms with Crippen molar-refractivity contribution in [2.45, 2.75) is 13.5 Å². The number of benzene rings is 2. The van der Waals surface area contributed by atoms with Gasteiger partial charge in [-0.05, 0) is 37.3 Å². The second-order valence-electron chi connectivity index (χ2n) is 6.50. The lowest BCUT2D eigenvalue weighted by atomic mass is 10.1. The number of nitrogens with zero attached hydrogens (tertiary/aromatic N) is 1. The molecule has 1 aliphatic rings. The van der Waals surface area contributed by atoms with Crippen LogP contribution in [-0.2, 0) is 6.54 Å². The van der Waals surface area contributed by atoms with Gasteiger partial charge in [-0.15, -0.1) is 0 Å². The van der Waals surface area contributed by atoms with Gasteiger partial charge in [0.2, 0.25) is 0 Å². The van der Waals surface area contributed by atoms with Crippen molar-refractivity contribution in [1.82, 2.24) is 4.90 Å². The molecule has 0 unspecified atom stereocenters. The monoisotopic (exact) mass is 355 g/mol. The lowest BCUT2D eigenvalue weighted by molar-refractivity contribution is -0.917. The van der Waals surface area contributed by atoms with Gasteiger partial charge in [-0.25, -0.2) is 0 Å². The Morgan fingerprint density at radius 1 is 1.08 bits per heavy atom. The molecule has 1 N–H and O–H groups in total. The van der Waals surface area contributed by atoms with Crippen molar-refractivity contribution in [3.05, 3.63) is 59.7 Å². The summed E-state index contributed by atoms with van der Waals surface area (Å²) in [6, 6.07) is 15.6. The Hall–Kier alpha value is -2.53. The Kier molecular flexibility index (Phi) is 6.12. The normalized spacial score (nSPS) is 14.9. The Balaban J connectivity index is 1.57. The summed E-state index contributed by atoms with van der Waals surface area (Å²) < 4.78 is 11.0. The van der Waals surface area contributed by atoms with Gasteiger partial charge in [0.1, 0.15) is 6.54 Å². The molecule has 0 aliphatic carbocycles. The molecule has 26 heavy (non-hydrogen) atoms. The maximum absolute atomic E-state index is 12.5. The number of rotatable bonds is 6. The van der Waals surface area contributed by atoms with Gasteiger partial charge in [0.25, 0.3) is 5.91 Å². The smallest absolute Gasteiger partial charge is 0.254 e. The van der Waals surface area contributed by atoms with Crippen molar-refractivity contribution in [1.29, 1.82) is 0 Å². The summed E-state index contributed by atoms with van der Waals surface area (Å²) in [5.74, 6) is 1.70. The van der Waals surface area contributed by atoms with Crippen LogP contribution in [0, 0.1) is 0 Å². The van der Waals surface area contributed by atoms with Gasteiger partial charge in [0.15, 0.2) is 11.5 Å². The highest BCUT2D eigenvalue weighted by molar-refractivity contribution is 5.94. The van der Waals surface area contributed by atoms with Crippen molar-refractivity contribution in [3.8, 4) is 11.5 Å². The molecule has 0 aromatic heterocycles. The summed E-state index contributed by atoms with van der Waals surface area (Å²) in [5.41, 5.74) is 2.00. The predicted octanol–water partition coefficient (Wildman–Crippen LogP) is 1.63. The van der Waals surface area contributed by atoms with Crippen LogP contribution in [0.15, 0.2) is 48.5 Å². The largest absolute Gasteiger partial charge is 0.493 e. The highest BCUT2D eigenvalue weighted by atomic mass is 16.5. The van der Waals surface area contributed by atoms with Crippen LogP contribution in [0.5, 0.6) is 11.5 Å². The molecule has 0 spiro atoms. The fraction of sp³-hybridized carbons (Fsp3) is 0.381. The zero-order chi connectivity index (χ0) is 18.4. The molecule has 1 fully saturated rings. The van der Waals surface area contributed by atoms with E-state index in [1.54, 1.807) is 7.11 Å². The average molecular weight is 355 g/mol. The lowest BCUT2D eigenvalue weighted by Gasteiger charge is -2.32. The van der Waals surface area contributed by atoms with Crippen molar-refractivity contribution in [2.75, 3.05) is 39.9 Å². The van der Waals surface area contributed by atoms with E-state index in [1.165, 1.54) is 10.5 Å². The van der Waals surface area contributed by atoms with Crippen LogP contribution < -0.4 is 14.4 Å². The second kappa shape index (κ2) is 8.72. The molecule has 1 heterocycles. The number of piperazine rings is 1. The van der Waals surface area contributed by atoms with E-state index in [9.17, 15) is 4.79 Å². The van der Waals surface area contributed by atoms with Gasteiger partial charge in [-0.3, -0.25) is 4.79 Å². The highest BCUT2D eigenvalue weighted by Crippen LogP contribution is 2.27. The molecule has 0 saturated carbocycles. The third-order valence-corrected chi connectivity index (χ3v) is 4.76. The van der Waals surface area contributed by atoms with Crippen LogP contribution in [0.3, 0.4) is 0 Å². The van der Waals surface area contributed by atoms with E-state index in [4.69, 9.17) is 9.47 Å². The number of carbonyl (C=O) groups is 1. The summed E-state index contributed by atoms with van der Waals surface area (Å²) in [6.45, 7) is 7.00. The SMILES string of the molecule is CCOc1cc(C[NH+]2CCN(C(=O)c3ccccc3)CC2)ccc1OC. The van der Waals surface area contributed by atoms with Crippen molar-refractivity contribution < 1.29 is 19.2 Å². The second-order valence-corrected chi connectivity index (χ2v) is 6.50. The quantitative estimate of drug-likeness (QED) is 0.857. The van der Waals surface area contributed by atoms with E-state index in [1.807, 2.05) is 48.2 Å². The molecular weight excluding hydrogens is 328 g/mol. The third-order valence-electron chi connectivity index (χ3n) is 4.76. The van der Waals surface area contributed by atoms with Crippen LogP contribution in [0.1, 0.15) is 22.8 Å². The number of methoxy groups -OCH3 is 1. The first kappa shape index (κ1) is 18.3. The Morgan fingerprint density at radius 3 is 2.46 bits per heavy atom. The Labute approximate surface area is 155 Å². The first-order chi connectivity index (χ1) is 12.7. The number of nitrogens with one attached hydrogen (secondary N) is 1. The minimum Gasteiger partial charge on any atom is -0.493 e. The molecule has 0 radical (unpaired) electrons. The molecule has 1 amide bonds. The molecule has 5 heteroatoms. The van der Waals surface area contributed by atoms with Crippen molar-refractivity contribution >= 4 is 5.91 Å². The maximum Gasteiger partial charge on any atom is 0.254 e. The number of amides is 1. The molecule has 1 saturated heterocycles. The molecule has 0 atom stereocenters. The van der Waals surface area contributed by atoms with Crippen LogP contribution in [-0.4, -0.2) is 50.7 Å². The minimum atomic E-state index is 0.132. The zero-order valence-electron chi connectivity index (χ0n) is 15.5. The fourth-order valence-corrected chi connectivity index (χ4v) is 3.35. The molecule has 2 aromatic rings. The molecule has 3 rings (SSSR count). The zero-order valence-corrected chi connectivity index (χ0v) is 15.5. The van der Waals surface area contributed by atoms with Crippen LogP contribution in [0.4, 0.5) is 0 Å². The van der Waals surface area contributed by atoms with Crippen LogP contribution >= 0.6 is 0 Å². The number of ether oxygens (including phenoxy) is 2. The van der Waals surface area contributed by atoms with E-state index >= 15 is 0 Å². The number of quaternary nitrogens is 1. The molecule has 5 nitrogen and oxygen atoms in total. The van der Waals surface area contributed by atoms with Gasteiger partial charge in [0, 0.05) is 11.1 Å². The Bertz CT molecular complexity index is 725. The van der Waals surface area contributed by atoms with Gasteiger partial charge in [-0.2, -0.15) is 0 Å². The average Bonchev–Trinajstić information content (AvgIpc) is 2.69. The molecule has 138 valence electrons. The van der Waals surface area contributed by atoms with Gasteiger partial charge in [0.05, 0.1) is 39.9 Å². The van der Waals surface area contributed by atoms with E-state index in [0.717, 1.165) is 49.8 Å². The summed E-state index contributed by atoms with van der Waals surface area (Å²) in [4.78, 5) is 16.0.